The number of amides is 1. The molecule has 20 heavy (non-hydrogen) atoms. The van der Waals surface area contributed by atoms with Crippen molar-refractivity contribution >= 4 is 11.7 Å². The molecule has 0 aliphatic rings. The standard InChI is InChI=1S/C15H18N4O/c1-11-5-4-6-12(7-11)10-19(3)15(20)13-8-18-14(16-2)9-17-13/h4-9H,10H2,1-3H3,(H,16,18). The van der Waals surface area contributed by atoms with Gasteiger partial charge in [0.25, 0.3) is 5.91 Å². The maximum absolute atomic E-state index is 12.2. The van der Waals surface area contributed by atoms with E-state index in [1.165, 1.54) is 11.8 Å². The van der Waals surface area contributed by atoms with Gasteiger partial charge in [-0.05, 0) is 12.5 Å². The first-order valence-corrected chi connectivity index (χ1v) is 6.41. The Bertz CT molecular complexity index is 595. The highest BCUT2D eigenvalue weighted by Gasteiger charge is 2.13. The number of rotatable bonds is 4. The molecule has 2 rings (SSSR count). The van der Waals surface area contributed by atoms with Crippen molar-refractivity contribution in [1.29, 1.82) is 0 Å². The molecule has 0 radical (unpaired) electrons. The van der Waals surface area contributed by atoms with Gasteiger partial charge in [-0.15, -0.1) is 0 Å². The second kappa shape index (κ2) is 6.14. The van der Waals surface area contributed by atoms with Gasteiger partial charge in [-0.1, -0.05) is 29.8 Å². The molecule has 1 aromatic carbocycles. The Balaban J connectivity index is 2.07. The van der Waals surface area contributed by atoms with Crippen molar-refractivity contribution in [2.75, 3.05) is 19.4 Å². The molecule has 1 heterocycles. The lowest BCUT2D eigenvalue weighted by atomic mass is 10.1. The molecule has 0 unspecified atom stereocenters. The van der Waals surface area contributed by atoms with Gasteiger partial charge >= 0.3 is 0 Å². The lowest BCUT2D eigenvalue weighted by Gasteiger charge is -2.17. The van der Waals surface area contributed by atoms with Crippen LogP contribution in [0.5, 0.6) is 0 Å². The second-order valence-corrected chi connectivity index (χ2v) is 4.69. The molecule has 1 amide bonds. The molecule has 0 fully saturated rings. The molecule has 1 aromatic heterocycles. The Kier molecular flexibility index (Phi) is 4.30. The van der Waals surface area contributed by atoms with Gasteiger partial charge < -0.3 is 10.2 Å². The number of carbonyl (C=O) groups excluding carboxylic acids is 1. The summed E-state index contributed by atoms with van der Waals surface area (Å²) in [6.07, 6.45) is 3.04. The second-order valence-electron chi connectivity index (χ2n) is 4.69. The molecule has 5 nitrogen and oxygen atoms in total. The van der Waals surface area contributed by atoms with Crippen LogP contribution in [-0.4, -0.2) is 34.9 Å². The van der Waals surface area contributed by atoms with Gasteiger partial charge in [0.15, 0.2) is 0 Å². The van der Waals surface area contributed by atoms with E-state index in [2.05, 4.69) is 21.4 Å². The third kappa shape index (κ3) is 3.32. The summed E-state index contributed by atoms with van der Waals surface area (Å²) in [5.41, 5.74) is 2.63. The normalized spacial score (nSPS) is 10.2. The summed E-state index contributed by atoms with van der Waals surface area (Å²) in [6, 6.07) is 8.10. The number of anilines is 1. The van der Waals surface area contributed by atoms with Crippen molar-refractivity contribution in [1.82, 2.24) is 14.9 Å². The first kappa shape index (κ1) is 14.0. The third-order valence-electron chi connectivity index (χ3n) is 2.98. The number of aryl methyl sites for hydroxylation is 1. The number of hydrogen-bond donors (Lipinski definition) is 1. The summed E-state index contributed by atoms with van der Waals surface area (Å²) in [6.45, 7) is 2.59. The highest BCUT2D eigenvalue weighted by molar-refractivity contribution is 5.91. The van der Waals surface area contributed by atoms with Crippen molar-refractivity contribution in [3.8, 4) is 0 Å². The van der Waals surface area contributed by atoms with Crippen LogP contribution in [-0.2, 0) is 6.54 Å². The smallest absolute Gasteiger partial charge is 0.274 e. The first-order chi connectivity index (χ1) is 9.60. The predicted octanol–water partition coefficient (Wildman–Crippen LogP) is 2.10. The molecule has 0 saturated carbocycles. The minimum atomic E-state index is -0.137. The van der Waals surface area contributed by atoms with E-state index in [-0.39, 0.29) is 5.91 Å². The van der Waals surface area contributed by atoms with E-state index < -0.39 is 0 Å². The van der Waals surface area contributed by atoms with E-state index in [1.807, 2.05) is 25.1 Å². The van der Waals surface area contributed by atoms with Crippen LogP contribution in [0.2, 0.25) is 0 Å². The van der Waals surface area contributed by atoms with Gasteiger partial charge in [-0.2, -0.15) is 0 Å². The monoisotopic (exact) mass is 270 g/mol. The number of carbonyl (C=O) groups is 1. The summed E-state index contributed by atoms with van der Waals surface area (Å²) < 4.78 is 0. The summed E-state index contributed by atoms with van der Waals surface area (Å²) in [4.78, 5) is 22.1. The average molecular weight is 270 g/mol. The highest BCUT2D eigenvalue weighted by atomic mass is 16.2. The summed E-state index contributed by atoms with van der Waals surface area (Å²) in [5, 5.41) is 2.87. The number of nitrogens with one attached hydrogen (secondary N) is 1. The fourth-order valence-corrected chi connectivity index (χ4v) is 1.92. The van der Waals surface area contributed by atoms with Crippen LogP contribution in [0.4, 0.5) is 5.82 Å². The first-order valence-electron chi connectivity index (χ1n) is 6.41. The number of benzene rings is 1. The van der Waals surface area contributed by atoms with Gasteiger partial charge in [-0.3, -0.25) is 4.79 Å². The van der Waals surface area contributed by atoms with Crippen molar-refractivity contribution < 1.29 is 4.79 Å². The quantitative estimate of drug-likeness (QED) is 0.924. The van der Waals surface area contributed by atoms with E-state index >= 15 is 0 Å². The molecule has 0 aliphatic heterocycles. The van der Waals surface area contributed by atoms with Crippen LogP contribution in [0.25, 0.3) is 0 Å². The van der Waals surface area contributed by atoms with Crippen molar-refractivity contribution in [2.45, 2.75) is 13.5 Å². The van der Waals surface area contributed by atoms with Crippen LogP contribution in [0.15, 0.2) is 36.7 Å². The molecule has 5 heteroatoms. The molecular weight excluding hydrogens is 252 g/mol. The fourth-order valence-electron chi connectivity index (χ4n) is 1.92. The zero-order chi connectivity index (χ0) is 14.5. The molecule has 1 N–H and O–H groups in total. The molecule has 0 atom stereocenters. The van der Waals surface area contributed by atoms with Gasteiger partial charge in [-0.25, -0.2) is 9.97 Å². The minimum Gasteiger partial charge on any atom is -0.372 e. The largest absolute Gasteiger partial charge is 0.372 e. The number of nitrogens with zero attached hydrogens (tertiary/aromatic N) is 3. The molecule has 0 spiro atoms. The lowest BCUT2D eigenvalue weighted by Crippen LogP contribution is -2.27. The van der Waals surface area contributed by atoms with Gasteiger partial charge in [0.1, 0.15) is 11.5 Å². The Morgan fingerprint density at radius 2 is 2.10 bits per heavy atom. The van der Waals surface area contributed by atoms with Gasteiger partial charge in [0, 0.05) is 20.6 Å². The Hall–Kier alpha value is -2.43. The van der Waals surface area contributed by atoms with Crippen molar-refractivity contribution in [3.05, 3.63) is 53.5 Å². The Morgan fingerprint density at radius 1 is 1.30 bits per heavy atom. The minimum absolute atomic E-state index is 0.137. The van der Waals surface area contributed by atoms with Crippen LogP contribution in [0.3, 0.4) is 0 Å². The molecule has 0 saturated heterocycles. The van der Waals surface area contributed by atoms with E-state index in [1.54, 1.807) is 25.2 Å². The van der Waals surface area contributed by atoms with Gasteiger partial charge in [0.2, 0.25) is 0 Å². The number of hydrogen-bond acceptors (Lipinski definition) is 4. The molecule has 2 aromatic rings. The Morgan fingerprint density at radius 3 is 2.70 bits per heavy atom. The molecule has 104 valence electrons. The van der Waals surface area contributed by atoms with E-state index in [9.17, 15) is 4.79 Å². The van der Waals surface area contributed by atoms with Crippen LogP contribution in [0.1, 0.15) is 21.6 Å². The van der Waals surface area contributed by atoms with Crippen LogP contribution >= 0.6 is 0 Å². The zero-order valence-electron chi connectivity index (χ0n) is 11.9. The topological polar surface area (TPSA) is 58.1 Å². The molecular formula is C15H18N4O. The maximum atomic E-state index is 12.2. The number of aromatic nitrogens is 2. The van der Waals surface area contributed by atoms with E-state index in [4.69, 9.17) is 0 Å². The van der Waals surface area contributed by atoms with E-state index in [0.29, 0.717) is 18.1 Å². The van der Waals surface area contributed by atoms with Crippen LogP contribution < -0.4 is 5.32 Å². The van der Waals surface area contributed by atoms with Crippen molar-refractivity contribution in [3.63, 3.8) is 0 Å². The predicted molar refractivity (Wildman–Crippen MR) is 78.6 cm³/mol. The third-order valence-corrected chi connectivity index (χ3v) is 2.98. The Labute approximate surface area is 118 Å². The van der Waals surface area contributed by atoms with E-state index in [0.717, 1.165) is 5.56 Å². The summed E-state index contributed by atoms with van der Waals surface area (Å²) in [7, 11) is 3.52. The summed E-state index contributed by atoms with van der Waals surface area (Å²) in [5.74, 6) is 0.504. The van der Waals surface area contributed by atoms with Gasteiger partial charge in [0.05, 0.1) is 12.4 Å². The average Bonchev–Trinajstić information content (AvgIpc) is 2.46. The lowest BCUT2D eigenvalue weighted by molar-refractivity contribution is 0.0779. The van der Waals surface area contributed by atoms with Crippen molar-refractivity contribution in [2.24, 2.45) is 0 Å². The summed E-state index contributed by atoms with van der Waals surface area (Å²) >= 11 is 0. The zero-order valence-corrected chi connectivity index (χ0v) is 11.9. The highest BCUT2D eigenvalue weighted by Crippen LogP contribution is 2.09. The molecule has 0 aliphatic carbocycles. The van der Waals surface area contributed by atoms with Crippen LogP contribution in [0, 0.1) is 6.92 Å². The SMILES string of the molecule is CNc1cnc(C(=O)N(C)Cc2cccc(C)c2)cn1. The molecule has 0 bridgehead atoms. The fraction of sp³-hybridized carbons (Fsp3) is 0.267. The maximum Gasteiger partial charge on any atom is 0.274 e.